The summed E-state index contributed by atoms with van der Waals surface area (Å²) in [6.45, 7) is 2.00. The van der Waals surface area contributed by atoms with E-state index in [4.69, 9.17) is 4.42 Å². The van der Waals surface area contributed by atoms with Crippen molar-refractivity contribution in [1.29, 1.82) is 0 Å². The molecule has 3 rings (SSSR count). The molecule has 1 heterocycles. The van der Waals surface area contributed by atoms with Gasteiger partial charge in [0.05, 0.1) is 10.9 Å². The molecule has 0 amide bonds. The Bertz CT molecular complexity index is 770. The number of fused-ring (bicyclic) bond motifs is 1. The standard InChI is InChI=1S/C17H14O2/c1-2-14-16(12-8-4-3-5-9-12)17(18)13-10-6-7-11-15(13)19-14/h3-11H,2H2,1H3. The molecule has 0 saturated carbocycles. The van der Waals surface area contributed by atoms with E-state index >= 15 is 0 Å². The molecular weight excluding hydrogens is 236 g/mol. The predicted molar refractivity (Wildman–Crippen MR) is 77.3 cm³/mol. The van der Waals surface area contributed by atoms with Gasteiger partial charge in [0.1, 0.15) is 11.3 Å². The number of hydrogen-bond acceptors (Lipinski definition) is 2. The van der Waals surface area contributed by atoms with E-state index in [0.717, 1.165) is 11.3 Å². The van der Waals surface area contributed by atoms with Gasteiger partial charge in [0.15, 0.2) is 0 Å². The molecule has 0 aliphatic rings. The zero-order chi connectivity index (χ0) is 13.2. The Labute approximate surface area is 111 Å². The molecule has 0 aliphatic heterocycles. The van der Waals surface area contributed by atoms with E-state index in [1.165, 1.54) is 0 Å². The lowest BCUT2D eigenvalue weighted by atomic mass is 10.0. The van der Waals surface area contributed by atoms with Crippen molar-refractivity contribution < 1.29 is 4.42 Å². The molecule has 94 valence electrons. The Hall–Kier alpha value is -2.35. The quantitative estimate of drug-likeness (QED) is 0.687. The van der Waals surface area contributed by atoms with Crippen LogP contribution in [0.5, 0.6) is 0 Å². The molecule has 2 heteroatoms. The van der Waals surface area contributed by atoms with Crippen LogP contribution in [0.3, 0.4) is 0 Å². The van der Waals surface area contributed by atoms with Gasteiger partial charge < -0.3 is 4.42 Å². The van der Waals surface area contributed by atoms with E-state index in [0.29, 0.717) is 23.0 Å². The van der Waals surface area contributed by atoms with Crippen LogP contribution in [0.15, 0.2) is 63.8 Å². The molecular formula is C17H14O2. The van der Waals surface area contributed by atoms with Crippen molar-refractivity contribution in [2.24, 2.45) is 0 Å². The summed E-state index contributed by atoms with van der Waals surface area (Å²) in [5.74, 6) is 0.745. The van der Waals surface area contributed by atoms with Gasteiger partial charge in [0.2, 0.25) is 5.43 Å². The van der Waals surface area contributed by atoms with Gasteiger partial charge in [-0.2, -0.15) is 0 Å². The van der Waals surface area contributed by atoms with Crippen LogP contribution >= 0.6 is 0 Å². The summed E-state index contributed by atoms with van der Waals surface area (Å²) < 4.78 is 5.88. The number of aryl methyl sites for hydroxylation is 1. The molecule has 0 saturated heterocycles. The molecule has 0 aliphatic carbocycles. The first-order valence-corrected chi connectivity index (χ1v) is 6.41. The van der Waals surface area contributed by atoms with Crippen molar-refractivity contribution >= 4 is 11.0 Å². The van der Waals surface area contributed by atoms with Gasteiger partial charge in [-0.3, -0.25) is 4.79 Å². The van der Waals surface area contributed by atoms with Crippen molar-refractivity contribution in [2.45, 2.75) is 13.3 Å². The topological polar surface area (TPSA) is 30.2 Å². The normalized spacial score (nSPS) is 10.8. The Kier molecular flexibility index (Phi) is 2.92. The summed E-state index contributed by atoms with van der Waals surface area (Å²) >= 11 is 0. The summed E-state index contributed by atoms with van der Waals surface area (Å²) in [7, 11) is 0. The second-order valence-corrected chi connectivity index (χ2v) is 4.45. The third-order valence-corrected chi connectivity index (χ3v) is 3.25. The van der Waals surface area contributed by atoms with E-state index in [1.54, 1.807) is 0 Å². The maximum absolute atomic E-state index is 12.6. The Balaban J connectivity index is 2.41. The maximum Gasteiger partial charge on any atom is 0.200 e. The monoisotopic (exact) mass is 250 g/mol. The molecule has 3 aromatic rings. The molecule has 0 spiro atoms. The summed E-state index contributed by atoms with van der Waals surface area (Å²) in [5, 5.41) is 0.638. The van der Waals surface area contributed by atoms with Crippen LogP contribution in [-0.2, 0) is 6.42 Å². The van der Waals surface area contributed by atoms with Crippen LogP contribution in [-0.4, -0.2) is 0 Å². The minimum Gasteiger partial charge on any atom is -0.460 e. The van der Waals surface area contributed by atoms with Crippen LogP contribution in [0, 0.1) is 0 Å². The van der Waals surface area contributed by atoms with Gasteiger partial charge in [0.25, 0.3) is 0 Å². The minimum absolute atomic E-state index is 0.0462. The summed E-state index contributed by atoms with van der Waals surface area (Å²) in [5.41, 5.74) is 2.30. The van der Waals surface area contributed by atoms with E-state index in [1.807, 2.05) is 61.5 Å². The van der Waals surface area contributed by atoms with Crippen LogP contribution < -0.4 is 5.43 Å². The fourth-order valence-electron chi connectivity index (χ4n) is 2.33. The van der Waals surface area contributed by atoms with Gasteiger partial charge in [0, 0.05) is 6.42 Å². The lowest BCUT2D eigenvalue weighted by Crippen LogP contribution is -2.08. The average Bonchev–Trinajstić information content (AvgIpc) is 2.48. The maximum atomic E-state index is 12.6. The second-order valence-electron chi connectivity index (χ2n) is 4.45. The van der Waals surface area contributed by atoms with E-state index in [2.05, 4.69) is 0 Å². The van der Waals surface area contributed by atoms with Gasteiger partial charge in [-0.05, 0) is 17.7 Å². The summed E-state index contributed by atoms with van der Waals surface area (Å²) in [6.07, 6.45) is 0.699. The SMILES string of the molecule is CCc1oc2ccccc2c(=O)c1-c1ccccc1. The smallest absolute Gasteiger partial charge is 0.200 e. The zero-order valence-electron chi connectivity index (χ0n) is 10.7. The Morgan fingerprint density at radius 2 is 1.63 bits per heavy atom. The number of hydrogen-bond donors (Lipinski definition) is 0. The van der Waals surface area contributed by atoms with Crippen LogP contribution in [0.2, 0.25) is 0 Å². The highest BCUT2D eigenvalue weighted by Crippen LogP contribution is 2.24. The molecule has 19 heavy (non-hydrogen) atoms. The first-order valence-electron chi connectivity index (χ1n) is 6.41. The summed E-state index contributed by atoms with van der Waals surface area (Å²) in [6, 6.07) is 17.1. The lowest BCUT2D eigenvalue weighted by molar-refractivity contribution is 0.546. The van der Waals surface area contributed by atoms with Crippen LogP contribution in [0.1, 0.15) is 12.7 Å². The van der Waals surface area contributed by atoms with E-state index in [9.17, 15) is 4.79 Å². The van der Waals surface area contributed by atoms with E-state index in [-0.39, 0.29) is 5.43 Å². The summed E-state index contributed by atoms with van der Waals surface area (Å²) in [4.78, 5) is 12.6. The van der Waals surface area contributed by atoms with Crippen molar-refractivity contribution in [1.82, 2.24) is 0 Å². The van der Waals surface area contributed by atoms with E-state index < -0.39 is 0 Å². The molecule has 0 N–H and O–H groups in total. The molecule has 0 atom stereocenters. The minimum atomic E-state index is 0.0462. The highest BCUT2D eigenvalue weighted by molar-refractivity contribution is 5.82. The largest absolute Gasteiger partial charge is 0.460 e. The number of rotatable bonds is 2. The van der Waals surface area contributed by atoms with Gasteiger partial charge >= 0.3 is 0 Å². The first-order chi connectivity index (χ1) is 9.31. The zero-order valence-corrected chi connectivity index (χ0v) is 10.7. The van der Waals surface area contributed by atoms with Crippen LogP contribution in [0.25, 0.3) is 22.1 Å². The fourth-order valence-corrected chi connectivity index (χ4v) is 2.33. The molecule has 0 bridgehead atoms. The third-order valence-electron chi connectivity index (χ3n) is 3.25. The fraction of sp³-hybridized carbons (Fsp3) is 0.118. The molecule has 2 nitrogen and oxygen atoms in total. The molecule has 1 aromatic heterocycles. The average molecular weight is 250 g/mol. The predicted octanol–water partition coefficient (Wildman–Crippen LogP) is 4.02. The Morgan fingerprint density at radius 1 is 0.947 bits per heavy atom. The molecule has 0 radical (unpaired) electrons. The number of para-hydroxylation sites is 1. The highest BCUT2D eigenvalue weighted by Gasteiger charge is 2.14. The van der Waals surface area contributed by atoms with Crippen molar-refractivity contribution in [2.75, 3.05) is 0 Å². The molecule has 0 fully saturated rings. The van der Waals surface area contributed by atoms with Crippen molar-refractivity contribution in [3.8, 4) is 11.1 Å². The molecule has 0 unspecified atom stereocenters. The van der Waals surface area contributed by atoms with Crippen molar-refractivity contribution in [3.05, 3.63) is 70.6 Å². The van der Waals surface area contributed by atoms with Crippen molar-refractivity contribution in [3.63, 3.8) is 0 Å². The number of benzene rings is 2. The first kappa shape index (κ1) is 11.7. The second kappa shape index (κ2) is 4.73. The third kappa shape index (κ3) is 1.95. The highest BCUT2D eigenvalue weighted by atomic mass is 16.3. The Morgan fingerprint density at radius 3 is 2.37 bits per heavy atom. The molecule has 2 aromatic carbocycles. The van der Waals surface area contributed by atoms with Gasteiger partial charge in [-0.15, -0.1) is 0 Å². The van der Waals surface area contributed by atoms with Gasteiger partial charge in [-0.25, -0.2) is 0 Å². The van der Waals surface area contributed by atoms with Gasteiger partial charge in [-0.1, -0.05) is 49.4 Å². The lowest BCUT2D eigenvalue weighted by Gasteiger charge is -2.08. The van der Waals surface area contributed by atoms with Crippen LogP contribution in [0.4, 0.5) is 0 Å².